The number of hydrazone groups is 1. The lowest BCUT2D eigenvalue weighted by atomic mass is 9.98. The molecule has 1 atom stereocenters. The van der Waals surface area contributed by atoms with Crippen LogP contribution in [-0.2, 0) is 9.59 Å². The van der Waals surface area contributed by atoms with Gasteiger partial charge in [0.25, 0.3) is 5.91 Å². The van der Waals surface area contributed by atoms with E-state index in [-0.39, 0.29) is 18.7 Å². The van der Waals surface area contributed by atoms with E-state index in [0.717, 1.165) is 0 Å². The Morgan fingerprint density at radius 3 is 2.67 bits per heavy atom. The van der Waals surface area contributed by atoms with Gasteiger partial charge in [0.15, 0.2) is 0 Å². The SMILES string of the molecule is CC1=NN(c2ccccc2)C(=O)[C@H]1CCC(=O)[O-]. The number of nitrogens with zero attached hydrogens (tertiary/aromatic N) is 2. The maximum Gasteiger partial charge on any atom is 0.256 e. The van der Waals surface area contributed by atoms with Gasteiger partial charge in [0.05, 0.1) is 11.6 Å². The molecule has 1 aromatic rings. The second-order valence-electron chi connectivity index (χ2n) is 4.19. The van der Waals surface area contributed by atoms with Crippen molar-refractivity contribution in [1.82, 2.24) is 0 Å². The fourth-order valence-corrected chi connectivity index (χ4v) is 1.95. The predicted molar refractivity (Wildman–Crippen MR) is 64.8 cm³/mol. The van der Waals surface area contributed by atoms with Crippen molar-refractivity contribution < 1.29 is 14.7 Å². The second-order valence-corrected chi connectivity index (χ2v) is 4.19. The number of aliphatic carboxylic acids is 1. The van der Waals surface area contributed by atoms with E-state index in [2.05, 4.69) is 5.10 Å². The maximum absolute atomic E-state index is 12.1. The van der Waals surface area contributed by atoms with Gasteiger partial charge in [-0.3, -0.25) is 4.79 Å². The van der Waals surface area contributed by atoms with Crippen LogP contribution in [-0.4, -0.2) is 17.6 Å². The van der Waals surface area contributed by atoms with Gasteiger partial charge in [-0.2, -0.15) is 5.10 Å². The Morgan fingerprint density at radius 2 is 2.06 bits per heavy atom. The van der Waals surface area contributed by atoms with Crippen molar-refractivity contribution in [2.24, 2.45) is 11.0 Å². The molecule has 1 aliphatic heterocycles. The highest BCUT2D eigenvalue weighted by Gasteiger charge is 2.33. The highest BCUT2D eigenvalue weighted by Crippen LogP contribution is 2.25. The summed E-state index contributed by atoms with van der Waals surface area (Å²) in [5.41, 5.74) is 1.34. The number of carboxylic acids is 1. The average molecular weight is 245 g/mol. The molecule has 5 nitrogen and oxygen atoms in total. The highest BCUT2D eigenvalue weighted by molar-refractivity contribution is 6.14. The summed E-state index contributed by atoms with van der Waals surface area (Å²) in [4.78, 5) is 22.6. The van der Waals surface area contributed by atoms with Crippen LogP contribution in [0.2, 0.25) is 0 Å². The second kappa shape index (κ2) is 5.00. The number of carbonyl (C=O) groups excluding carboxylic acids is 2. The molecule has 1 aromatic carbocycles. The van der Waals surface area contributed by atoms with Crippen molar-refractivity contribution in [2.45, 2.75) is 19.8 Å². The first kappa shape index (κ1) is 12.3. The Hall–Kier alpha value is -2.17. The maximum atomic E-state index is 12.1. The van der Waals surface area contributed by atoms with Gasteiger partial charge in [-0.25, -0.2) is 5.01 Å². The summed E-state index contributed by atoms with van der Waals surface area (Å²) in [7, 11) is 0. The summed E-state index contributed by atoms with van der Waals surface area (Å²) in [5, 5.41) is 16.0. The molecule has 0 unspecified atom stereocenters. The zero-order valence-corrected chi connectivity index (χ0v) is 10.00. The lowest BCUT2D eigenvalue weighted by molar-refractivity contribution is -0.305. The predicted octanol–water partition coefficient (Wildman–Crippen LogP) is 0.555. The molecule has 5 heteroatoms. The third-order valence-corrected chi connectivity index (χ3v) is 2.91. The van der Waals surface area contributed by atoms with Crippen LogP contribution in [0.4, 0.5) is 5.69 Å². The molecule has 0 spiro atoms. The molecule has 1 aliphatic rings. The summed E-state index contributed by atoms with van der Waals surface area (Å²) in [6, 6.07) is 9.07. The lowest BCUT2D eigenvalue weighted by Gasteiger charge is -2.14. The molecule has 94 valence electrons. The van der Waals surface area contributed by atoms with Gasteiger partial charge in [-0.1, -0.05) is 18.2 Å². The van der Waals surface area contributed by atoms with Crippen molar-refractivity contribution in [1.29, 1.82) is 0 Å². The molecule has 1 amide bonds. The first-order chi connectivity index (χ1) is 8.59. The number of carboxylic acid groups (broad SMARTS) is 1. The topological polar surface area (TPSA) is 72.8 Å². The number of hydrogen-bond acceptors (Lipinski definition) is 4. The number of anilines is 1. The van der Waals surface area contributed by atoms with Crippen molar-refractivity contribution in [3.05, 3.63) is 30.3 Å². The largest absolute Gasteiger partial charge is 0.550 e. The summed E-state index contributed by atoms with van der Waals surface area (Å²) >= 11 is 0. The molecular weight excluding hydrogens is 232 g/mol. The Morgan fingerprint density at radius 1 is 1.39 bits per heavy atom. The number of carbonyl (C=O) groups is 2. The van der Waals surface area contributed by atoms with Gasteiger partial charge in [0.2, 0.25) is 0 Å². The smallest absolute Gasteiger partial charge is 0.256 e. The summed E-state index contributed by atoms with van der Waals surface area (Å²) < 4.78 is 0. The van der Waals surface area contributed by atoms with Crippen LogP contribution < -0.4 is 10.1 Å². The molecule has 18 heavy (non-hydrogen) atoms. The molecule has 1 heterocycles. The Kier molecular flexibility index (Phi) is 3.41. The normalized spacial score (nSPS) is 18.9. The monoisotopic (exact) mass is 245 g/mol. The summed E-state index contributed by atoms with van der Waals surface area (Å²) in [6.07, 6.45) is 0.103. The van der Waals surface area contributed by atoms with E-state index < -0.39 is 11.9 Å². The van der Waals surface area contributed by atoms with Crippen LogP contribution in [0.15, 0.2) is 35.4 Å². The van der Waals surface area contributed by atoms with Gasteiger partial charge < -0.3 is 9.90 Å². The third-order valence-electron chi connectivity index (χ3n) is 2.91. The highest BCUT2D eigenvalue weighted by atomic mass is 16.4. The van der Waals surface area contributed by atoms with Crippen molar-refractivity contribution in [3.63, 3.8) is 0 Å². The van der Waals surface area contributed by atoms with E-state index in [1.165, 1.54) is 5.01 Å². The minimum absolute atomic E-state index is 0.133. The van der Waals surface area contributed by atoms with Crippen LogP contribution in [0.1, 0.15) is 19.8 Å². The lowest BCUT2D eigenvalue weighted by Crippen LogP contribution is -2.29. The average Bonchev–Trinajstić information content (AvgIpc) is 2.63. The van der Waals surface area contributed by atoms with Crippen LogP contribution in [0.5, 0.6) is 0 Å². The van der Waals surface area contributed by atoms with Crippen molar-refractivity contribution in [3.8, 4) is 0 Å². The van der Waals surface area contributed by atoms with E-state index >= 15 is 0 Å². The van der Waals surface area contributed by atoms with E-state index in [1.54, 1.807) is 19.1 Å². The van der Waals surface area contributed by atoms with Crippen LogP contribution in [0, 0.1) is 5.92 Å². The first-order valence-electron chi connectivity index (χ1n) is 5.73. The molecule has 0 fully saturated rings. The van der Waals surface area contributed by atoms with Gasteiger partial charge in [-0.15, -0.1) is 0 Å². The third kappa shape index (κ3) is 2.40. The molecular formula is C13H13N2O3-. The number of amides is 1. The van der Waals surface area contributed by atoms with Crippen LogP contribution >= 0.6 is 0 Å². The number of benzene rings is 1. The molecule has 0 saturated carbocycles. The molecule has 0 saturated heterocycles. The van der Waals surface area contributed by atoms with E-state index in [9.17, 15) is 14.7 Å². The molecule has 0 aliphatic carbocycles. The van der Waals surface area contributed by atoms with Crippen molar-refractivity contribution >= 4 is 23.3 Å². The quantitative estimate of drug-likeness (QED) is 0.777. The zero-order valence-electron chi connectivity index (χ0n) is 10.00. The standard InChI is InChI=1S/C13H14N2O3/c1-9-11(7-8-12(16)17)13(18)15(14-9)10-5-3-2-4-6-10/h2-6,11H,7-8H2,1H3,(H,16,17)/p-1/t11-/m0/s1. The molecule has 0 radical (unpaired) electrons. The first-order valence-corrected chi connectivity index (χ1v) is 5.73. The van der Waals surface area contributed by atoms with Gasteiger partial charge in [0, 0.05) is 11.7 Å². The van der Waals surface area contributed by atoms with E-state index in [0.29, 0.717) is 11.4 Å². The van der Waals surface area contributed by atoms with Gasteiger partial charge in [-0.05, 0) is 31.9 Å². The number of rotatable bonds is 4. The van der Waals surface area contributed by atoms with Crippen LogP contribution in [0.25, 0.3) is 0 Å². The summed E-state index contributed by atoms with van der Waals surface area (Å²) in [5.74, 6) is -1.78. The van der Waals surface area contributed by atoms with Gasteiger partial charge >= 0.3 is 0 Å². The molecule has 0 N–H and O–H groups in total. The molecule has 0 aromatic heterocycles. The van der Waals surface area contributed by atoms with Gasteiger partial charge in [0.1, 0.15) is 0 Å². The fraction of sp³-hybridized carbons (Fsp3) is 0.308. The van der Waals surface area contributed by atoms with Crippen molar-refractivity contribution in [2.75, 3.05) is 5.01 Å². The molecule has 2 rings (SSSR count). The van der Waals surface area contributed by atoms with E-state index in [1.807, 2.05) is 18.2 Å². The minimum Gasteiger partial charge on any atom is -0.550 e. The van der Waals surface area contributed by atoms with E-state index in [4.69, 9.17) is 0 Å². The minimum atomic E-state index is -1.14. The Labute approximate surface area is 105 Å². The number of para-hydroxylation sites is 1. The number of hydrogen-bond donors (Lipinski definition) is 0. The summed E-state index contributed by atoms with van der Waals surface area (Å²) in [6.45, 7) is 1.74. The zero-order chi connectivity index (χ0) is 13.1. The fourth-order valence-electron chi connectivity index (χ4n) is 1.95. The Balaban J connectivity index is 2.14. The Bertz CT molecular complexity index is 496. The molecule has 0 bridgehead atoms. The van der Waals surface area contributed by atoms with Crippen LogP contribution in [0.3, 0.4) is 0 Å².